The number of aromatic nitrogens is 3. The van der Waals surface area contributed by atoms with Crippen LogP contribution in [0.3, 0.4) is 0 Å². The van der Waals surface area contributed by atoms with Gasteiger partial charge in [-0.25, -0.2) is 13.4 Å². The number of primary amides is 1. The fourth-order valence-electron chi connectivity index (χ4n) is 3.40. The van der Waals surface area contributed by atoms with Crippen LogP contribution in [0.1, 0.15) is 27.6 Å². The maximum atomic E-state index is 12.8. The second kappa shape index (κ2) is 6.15. The predicted molar refractivity (Wildman–Crippen MR) is 97.5 cm³/mol. The number of aryl methyl sites for hydroxylation is 1. The molecule has 1 amide bonds. The third-order valence-corrected chi connectivity index (χ3v) is 7.57. The van der Waals surface area contributed by atoms with E-state index < -0.39 is 15.9 Å². The number of carbonyl (C=O) groups is 1. The van der Waals surface area contributed by atoms with Crippen LogP contribution in [0.5, 0.6) is 0 Å². The molecule has 3 aromatic heterocycles. The molecule has 4 rings (SSSR count). The Bertz CT molecular complexity index is 1100. The highest BCUT2D eigenvalue weighted by Gasteiger charge is 2.36. The van der Waals surface area contributed by atoms with E-state index in [-0.39, 0.29) is 10.8 Å². The molecule has 26 heavy (non-hydrogen) atoms. The number of nitrogens with zero attached hydrogens (tertiary/aromatic N) is 4. The molecule has 0 aromatic carbocycles. The van der Waals surface area contributed by atoms with E-state index in [4.69, 9.17) is 5.73 Å². The van der Waals surface area contributed by atoms with Crippen LogP contribution in [0, 0.1) is 0 Å². The van der Waals surface area contributed by atoms with Gasteiger partial charge in [0.2, 0.25) is 10.0 Å². The van der Waals surface area contributed by atoms with E-state index in [1.807, 2.05) is 12.1 Å². The lowest BCUT2D eigenvalue weighted by molar-refractivity contribution is 0.100. The van der Waals surface area contributed by atoms with Gasteiger partial charge < -0.3 is 5.73 Å². The highest BCUT2D eigenvalue weighted by Crippen LogP contribution is 2.40. The average Bonchev–Trinajstić information content (AvgIpc) is 3.31. The van der Waals surface area contributed by atoms with Crippen molar-refractivity contribution in [3.8, 4) is 0 Å². The number of amides is 1. The lowest BCUT2D eigenvalue weighted by atomic mass is 9.96. The highest BCUT2D eigenvalue weighted by molar-refractivity contribution is 7.89. The van der Waals surface area contributed by atoms with Gasteiger partial charge in [0.15, 0.2) is 0 Å². The predicted octanol–water partition coefficient (Wildman–Crippen LogP) is 1.31. The molecule has 0 aliphatic carbocycles. The zero-order valence-electron chi connectivity index (χ0n) is 14.0. The first-order chi connectivity index (χ1) is 12.4. The van der Waals surface area contributed by atoms with Crippen molar-refractivity contribution in [3.63, 3.8) is 0 Å². The molecule has 1 aliphatic heterocycles. The first-order valence-electron chi connectivity index (χ1n) is 8.04. The molecule has 1 fully saturated rings. The van der Waals surface area contributed by atoms with Gasteiger partial charge in [0.05, 0.1) is 11.1 Å². The second-order valence-corrected chi connectivity index (χ2v) is 9.20. The van der Waals surface area contributed by atoms with E-state index in [0.717, 1.165) is 15.8 Å². The third kappa shape index (κ3) is 2.70. The Morgan fingerprint density at radius 2 is 2.23 bits per heavy atom. The van der Waals surface area contributed by atoms with E-state index in [9.17, 15) is 13.2 Å². The van der Waals surface area contributed by atoms with Gasteiger partial charge in [0.1, 0.15) is 9.73 Å². The Kier molecular flexibility index (Phi) is 4.05. The number of carbonyl (C=O) groups excluding carboxylic acids is 1. The first-order valence-corrected chi connectivity index (χ1v) is 10.3. The number of fused-ring (bicyclic) bond motifs is 1. The number of nitrogens with two attached hydrogens (primary N) is 1. The molecule has 3 aromatic rings. The summed E-state index contributed by atoms with van der Waals surface area (Å²) in [7, 11) is -1.93. The molecule has 0 spiro atoms. The summed E-state index contributed by atoms with van der Waals surface area (Å²) in [5.74, 6) is -0.599. The maximum absolute atomic E-state index is 12.8. The zero-order chi connectivity index (χ0) is 18.5. The van der Waals surface area contributed by atoms with Crippen LogP contribution in [-0.4, -0.2) is 46.5 Å². The summed E-state index contributed by atoms with van der Waals surface area (Å²) in [4.78, 5) is 17.6. The number of hydrogen-bond donors (Lipinski definition) is 1. The summed E-state index contributed by atoms with van der Waals surface area (Å²) >= 11 is 1.26. The third-order valence-electron chi connectivity index (χ3n) is 4.61. The molecular formula is C16H17N5O3S2. The van der Waals surface area contributed by atoms with Gasteiger partial charge in [-0.2, -0.15) is 9.40 Å². The van der Waals surface area contributed by atoms with Crippen molar-refractivity contribution in [1.29, 1.82) is 0 Å². The first kappa shape index (κ1) is 17.1. The fourth-order valence-corrected chi connectivity index (χ4v) is 5.97. The number of thiophene rings is 1. The molecule has 10 heteroatoms. The molecule has 1 aliphatic rings. The van der Waals surface area contributed by atoms with Gasteiger partial charge in [0, 0.05) is 43.8 Å². The SMILES string of the molecule is Cn1cc(S(=O)(=O)N2CCC(c3c(C(N)=O)sc4ncccc34)C2)cn1. The van der Waals surface area contributed by atoms with Crippen LogP contribution in [0.25, 0.3) is 10.2 Å². The number of rotatable bonds is 4. The molecule has 2 N–H and O–H groups in total. The Morgan fingerprint density at radius 3 is 2.92 bits per heavy atom. The molecule has 1 atom stereocenters. The zero-order valence-corrected chi connectivity index (χ0v) is 15.6. The van der Waals surface area contributed by atoms with Crippen molar-refractivity contribution in [2.24, 2.45) is 12.8 Å². The van der Waals surface area contributed by atoms with Crippen LogP contribution in [0.4, 0.5) is 0 Å². The van der Waals surface area contributed by atoms with Gasteiger partial charge in [0.25, 0.3) is 5.91 Å². The fraction of sp³-hybridized carbons (Fsp3) is 0.312. The standard InChI is InChI=1S/C16H17N5O3S2/c1-20-9-11(7-19-20)26(23,24)21-6-4-10(8-21)13-12-3-2-5-18-16(12)25-14(13)15(17)22/h2-3,5,7,9-10H,4,6,8H2,1H3,(H2,17,22). The van der Waals surface area contributed by atoms with Crippen molar-refractivity contribution in [2.75, 3.05) is 13.1 Å². The van der Waals surface area contributed by atoms with Crippen LogP contribution in [0.15, 0.2) is 35.6 Å². The Hall–Kier alpha value is -2.30. The Morgan fingerprint density at radius 1 is 1.42 bits per heavy atom. The topological polar surface area (TPSA) is 111 Å². The van der Waals surface area contributed by atoms with Crippen LogP contribution < -0.4 is 5.73 Å². The molecule has 1 saturated heterocycles. The summed E-state index contributed by atoms with van der Waals surface area (Å²) < 4.78 is 28.5. The van der Waals surface area contributed by atoms with Gasteiger partial charge >= 0.3 is 0 Å². The number of hydrogen-bond acceptors (Lipinski definition) is 6. The highest BCUT2D eigenvalue weighted by atomic mass is 32.2. The minimum absolute atomic E-state index is 0.0955. The van der Waals surface area contributed by atoms with E-state index in [1.54, 1.807) is 13.2 Å². The van der Waals surface area contributed by atoms with Gasteiger partial charge in [-0.15, -0.1) is 11.3 Å². The molecule has 8 nitrogen and oxygen atoms in total. The van der Waals surface area contributed by atoms with Crippen molar-refractivity contribution in [3.05, 3.63) is 41.2 Å². The maximum Gasteiger partial charge on any atom is 0.259 e. The molecule has 0 bridgehead atoms. The minimum Gasteiger partial charge on any atom is -0.365 e. The summed E-state index contributed by atoms with van der Waals surface area (Å²) in [6.45, 7) is 0.690. The lowest BCUT2D eigenvalue weighted by Crippen LogP contribution is -2.28. The van der Waals surface area contributed by atoms with E-state index >= 15 is 0 Å². The molecule has 0 radical (unpaired) electrons. The molecule has 4 heterocycles. The quantitative estimate of drug-likeness (QED) is 0.721. The monoisotopic (exact) mass is 391 g/mol. The average molecular weight is 391 g/mol. The van der Waals surface area contributed by atoms with Crippen LogP contribution in [-0.2, 0) is 17.1 Å². The van der Waals surface area contributed by atoms with E-state index in [0.29, 0.717) is 24.4 Å². The van der Waals surface area contributed by atoms with Crippen molar-refractivity contribution >= 4 is 37.5 Å². The van der Waals surface area contributed by atoms with Crippen molar-refractivity contribution < 1.29 is 13.2 Å². The Balaban J connectivity index is 1.71. The van der Waals surface area contributed by atoms with Crippen molar-refractivity contribution in [1.82, 2.24) is 19.1 Å². The molecule has 0 saturated carbocycles. The minimum atomic E-state index is -3.61. The van der Waals surface area contributed by atoms with E-state index in [2.05, 4.69) is 10.1 Å². The Labute approximate surface area is 154 Å². The summed E-state index contributed by atoms with van der Waals surface area (Å²) in [5, 5.41) is 4.82. The second-order valence-electron chi connectivity index (χ2n) is 6.26. The molecule has 136 valence electrons. The van der Waals surface area contributed by atoms with Crippen molar-refractivity contribution in [2.45, 2.75) is 17.2 Å². The molecule has 1 unspecified atom stereocenters. The number of sulfonamides is 1. The number of pyridine rings is 1. The normalized spacial score (nSPS) is 18.6. The van der Waals surface area contributed by atoms with Gasteiger partial charge in [-0.05, 0) is 18.1 Å². The van der Waals surface area contributed by atoms with Crippen LogP contribution >= 0.6 is 11.3 Å². The summed E-state index contributed by atoms with van der Waals surface area (Å²) in [6.07, 6.45) is 5.13. The van der Waals surface area contributed by atoms with Gasteiger partial charge in [-0.3, -0.25) is 9.48 Å². The molecular weight excluding hydrogens is 374 g/mol. The summed E-state index contributed by atoms with van der Waals surface area (Å²) in [6, 6.07) is 3.71. The van der Waals surface area contributed by atoms with E-state index in [1.165, 1.54) is 32.7 Å². The smallest absolute Gasteiger partial charge is 0.259 e. The largest absolute Gasteiger partial charge is 0.365 e. The lowest BCUT2D eigenvalue weighted by Gasteiger charge is -2.16. The van der Waals surface area contributed by atoms with Crippen LogP contribution in [0.2, 0.25) is 0 Å². The van der Waals surface area contributed by atoms with Gasteiger partial charge in [-0.1, -0.05) is 6.07 Å². The summed E-state index contributed by atoms with van der Waals surface area (Å²) in [5.41, 5.74) is 6.38.